The van der Waals surface area contributed by atoms with Crippen molar-refractivity contribution in [2.24, 2.45) is 29.6 Å². The Morgan fingerprint density at radius 1 is 0.428 bits per heavy atom. The molecular formula is C109H135F5N12O10S2. The summed E-state index contributed by atoms with van der Waals surface area (Å²) < 4.78 is 155. The Morgan fingerprint density at radius 2 is 0.725 bits per heavy atom. The topological polar surface area (TPSA) is 232 Å². The van der Waals surface area contributed by atoms with Crippen molar-refractivity contribution in [1.82, 2.24) is 57.9 Å². The molecule has 8 atom stereocenters. The second kappa shape index (κ2) is 42.3. The van der Waals surface area contributed by atoms with Crippen molar-refractivity contribution in [3.8, 4) is 23.0 Å². The SMILES string of the molecule is CCC1CN(CCOc2cc(F)c(C3c4[nH]c5ccccc5c4CCN3CC(C)(C)F)c(F)c2)C1.CCC1CN(CCOc2cc(F)c([C@@H]3c4[nH]c5ccccc5c4C[C@@H](C)N3C(=O)C(C)CO)c(F)c2)C1.CCC1CN(CCOc2ccc([C@@H]3c4[nH]c5ccccc5c4C[C@@H](C)N3S(C)(=O)=O)cc2)C1.CCC1CN(CCOc2ccc([C@H]3c4[nH]c5ccccc5c4C[C@@H](C)N3S(C)(=O)=O)cc2)C1. The minimum absolute atomic E-state index is 0.0670. The number of aromatic amines is 4. The van der Waals surface area contributed by atoms with E-state index in [9.17, 15) is 31.1 Å². The second-order valence-corrected chi connectivity index (χ2v) is 44.0. The number of rotatable bonds is 30. The van der Waals surface area contributed by atoms with Crippen LogP contribution in [0.5, 0.6) is 23.0 Å². The molecule has 0 aliphatic carbocycles. The van der Waals surface area contributed by atoms with Crippen LogP contribution >= 0.6 is 0 Å². The lowest BCUT2D eigenvalue weighted by Crippen LogP contribution is -2.49. The number of nitrogens with one attached hydrogen (secondary N) is 4. The van der Waals surface area contributed by atoms with Gasteiger partial charge in [-0.15, -0.1) is 0 Å². The number of alkyl halides is 1. The average molecular weight is 1930 g/mol. The third-order valence-corrected chi connectivity index (χ3v) is 32.3. The zero-order valence-electron chi connectivity index (χ0n) is 81.6. The number of para-hydroxylation sites is 4. The molecule has 2 unspecified atom stereocenters. The normalized spacial score (nSPS) is 21.3. The van der Waals surface area contributed by atoms with Gasteiger partial charge in [0.05, 0.1) is 48.7 Å². The zero-order chi connectivity index (χ0) is 97.3. The van der Waals surface area contributed by atoms with Gasteiger partial charge in [-0.3, -0.25) is 29.3 Å². The molecule has 738 valence electrons. The minimum Gasteiger partial charge on any atom is -0.492 e. The highest BCUT2D eigenvalue weighted by Crippen LogP contribution is 2.49. The smallest absolute Gasteiger partial charge is 0.228 e. The minimum atomic E-state index is -3.41. The third kappa shape index (κ3) is 21.5. The van der Waals surface area contributed by atoms with E-state index in [1.165, 1.54) is 123 Å². The van der Waals surface area contributed by atoms with E-state index < -0.39 is 67.0 Å². The van der Waals surface area contributed by atoms with Gasteiger partial charge in [0.15, 0.2) is 0 Å². The Balaban J connectivity index is 0.000000127. The molecule has 8 aromatic carbocycles. The number of nitrogens with zero attached hydrogens (tertiary/aromatic N) is 8. The van der Waals surface area contributed by atoms with Crippen LogP contribution in [0, 0.1) is 52.9 Å². The molecule has 0 bridgehead atoms. The lowest BCUT2D eigenvalue weighted by molar-refractivity contribution is -0.141. The molecule has 22 nitrogen and oxygen atoms in total. The molecule has 1 amide bonds. The van der Waals surface area contributed by atoms with Crippen molar-refractivity contribution in [2.45, 2.75) is 169 Å². The maximum absolute atomic E-state index is 15.7. The molecule has 8 aliphatic heterocycles. The molecule has 20 rings (SSSR count). The van der Waals surface area contributed by atoms with Crippen LogP contribution < -0.4 is 18.9 Å². The van der Waals surface area contributed by atoms with E-state index in [-0.39, 0.29) is 71.9 Å². The van der Waals surface area contributed by atoms with E-state index in [0.29, 0.717) is 70.9 Å². The highest BCUT2D eigenvalue weighted by Gasteiger charge is 2.47. The number of ether oxygens (including phenoxy) is 4. The number of likely N-dealkylation sites (tertiary alicyclic amines) is 4. The first kappa shape index (κ1) is 99.4. The van der Waals surface area contributed by atoms with Crippen LogP contribution in [0.25, 0.3) is 43.6 Å². The first-order valence-electron chi connectivity index (χ1n) is 49.5. The lowest BCUT2D eigenvalue weighted by atomic mass is 9.87. The number of hydrogen-bond donors (Lipinski definition) is 5. The van der Waals surface area contributed by atoms with Crippen LogP contribution in [0.4, 0.5) is 22.0 Å². The summed E-state index contributed by atoms with van der Waals surface area (Å²) in [7, 11) is -6.83. The van der Waals surface area contributed by atoms with Crippen LogP contribution in [0.15, 0.2) is 170 Å². The largest absolute Gasteiger partial charge is 0.492 e. The van der Waals surface area contributed by atoms with E-state index >= 15 is 17.6 Å². The Bertz CT molecular complexity index is 6260. The maximum atomic E-state index is 15.7. The van der Waals surface area contributed by atoms with Crippen LogP contribution in [0.2, 0.25) is 0 Å². The van der Waals surface area contributed by atoms with Gasteiger partial charge in [-0.2, -0.15) is 8.61 Å². The first-order chi connectivity index (χ1) is 66.2. The highest BCUT2D eigenvalue weighted by atomic mass is 32.2. The Kier molecular flexibility index (Phi) is 30.5. The summed E-state index contributed by atoms with van der Waals surface area (Å²) in [6, 6.07) is 49.7. The number of H-pyrrole nitrogens is 4. The summed E-state index contributed by atoms with van der Waals surface area (Å²) in [5, 5.41) is 14.1. The molecule has 4 saturated heterocycles. The molecule has 0 saturated carbocycles. The summed E-state index contributed by atoms with van der Waals surface area (Å²) in [6.07, 6.45) is 10.1. The van der Waals surface area contributed by atoms with Gasteiger partial charge in [-0.1, -0.05) is 157 Å². The Labute approximate surface area is 809 Å². The van der Waals surface area contributed by atoms with Gasteiger partial charge in [-0.05, 0) is 166 Å². The maximum Gasteiger partial charge on any atom is 0.228 e. The van der Waals surface area contributed by atoms with Gasteiger partial charge in [0.1, 0.15) is 84.4 Å². The number of aromatic nitrogens is 4. The van der Waals surface area contributed by atoms with Gasteiger partial charge in [0, 0.05) is 206 Å². The summed E-state index contributed by atoms with van der Waals surface area (Å²) in [5.41, 5.74) is 11.7. The standard InChI is InChI=1S/C29H35F2N3O3.C28H34F3N3O.2C26H33N3O3S/c1-4-19-14-33(15-19)9-10-37-20-12-23(30)26(24(31)13-20)28-27-22(21-7-5-6-8-25(21)32-27)11-18(3)34(28)29(36)17(2)16-35;1-4-18-15-33(16-18)11-12-35-19-13-22(29)25(23(30)14-19)27-26-21(9-10-34(27)17-28(2,3)31)20-7-5-6-8-24(20)32-26;2*1-4-19-16-28(17-19)13-14-32-21-11-9-20(10-12-21)26-25-23(15-18(2)29(26)33(3,30)31)22-7-5-6-8-24(22)27-25/h5-8,12-13,17-19,28,32,35H,4,9-11,14-16H2,1-3H3;5-8,13-14,18,27,32H,4,9-12,15-17H2,1-3H3;2*5-12,18-19,26-27H,4,13-17H2,1-3H3/t17?,18-,28-;;18-,26+;18-,26-/m1.11/s1. The number of benzene rings is 8. The van der Waals surface area contributed by atoms with Gasteiger partial charge in [0.2, 0.25) is 26.0 Å². The summed E-state index contributed by atoms with van der Waals surface area (Å²) >= 11 is 0. The van der Waals surface area contributed by atoms with Crippen molar-refractivity contribution in [3.05, 3.63) is 260 Å². The zero-order valence-corrected chi connectivity index (χ0v) is 83.2. The number of carbonyl (C=O) groups is 1. The number of aliphatic hydroxyl groups excluding tert-OH is 1. The molecule has 0 radical (unpaired) electrons. The average Bonchev–Trinajstić information content (AvgIpc) is 1.56. The van der Waals surface area contributed by atoms with Crippen LogP contribution in [-0.4, -0.2) is 247 Å². The molecule has 12 aromatic rings. The van der Waals surface area contributed by atoms with Crippen molar-refractivity contribution < 1.29 is 67.6 Å². The predicted octanol–water partition coefficient (Wildman–Crippen LogP) is 18.9. The number of hydrogen-bond acceptors (Lipinski definition) is 15. The molecule has 0 spiro atoms. The molecule has 4 fully saturated rings. The van der Waals surface area contributed by atoms with Gasteiger partial charge in [-0.25, -0.2) is 38.8 Å². The Morgan fingerprint density at radius 3 is 1.04 bits per heavy atom. The van der Waals surface area contributed by atoms with E-state index in [4.69, 9.17) is 18.9 Å². The molecule has 5 N–H and O–H groups in total. The second-order valence-electron chi connectivity index (χ2n) is 40.2. The number of halogens is 5. The fourth-order valence-electron chi connectivity index (χ4n) is 22.2. The third-order valence-electron chi connectivity index (χ3n) is 29.6. The fourth-order valence-corrected chi connectivity index (χ4v) is 24.9. The molecule has 4 aromatic heterocycles. The summed E-state index contributed by atoms with van der Waals surface area (Å²) in [4.78, 5) is 39.9. The van der Waals surface area contributed by atoms with Crippen molar-refractivity contribution in [1.29, 1.82) is 0 Å². The van der Waals surface area contributed by atoms with E-state index in [1.54, 1.807) is 15.5 Å². The fraction of sp³-hybridized carbons (Fsp3) is 0.477. The first-order valence-corrected chi connectivity index (χ1v) is 53.2. The quantitative estimate of drug-likeness (QED) is 0.0264. The summed E-state index contributed by atoms with van der Waals surface area (Å²) in [5.74, 6) is 1.19. The highest BCUT2D eigenvalue weighted by molar-refractivity contribution is 7.88. The molecule has 138 heavy (non-hydrogen) atoms. The van der Waals surface area contributed by atoms with E-state index in [1.807, 2.05) is 147 Å². The van der Waals surface area contributed by atoms with Crippen LogP contribution in [0.1, 0.15) is 186 Å². The van der Waals surface area contributed by atoms with Gasteiger partial charge < -0.3 is 48.9 Å². The molecule has 8 aliphatic rings. The van der Waals surface area contributed by atoms with E-state index in [0.717, 1.165) is 160 Å². The molecule has 29 heteroatoms. The number of aliphatic hydroxyl groups is 1. The van der Waals surface area contributed by atoms with E-state index in [2.05, 4.69) is 91.5 Å². The monoisotopic (exact) mass is 1930 g/mol. The number of amides is 1. The molecular weight excluding hydrogens is 1800 g/mol. The van der Waals surface area contributed by atoms with Crippen LogP contribution in [0.3, 0.4) is 0 Å². The van der Waals surface area contributed by atoms with Crippen molar-refractivity contribution in [2.75, 3.05) is 137 Å². The van der Waals surface area contributed by atoms with Crippen molar-refractivity contribution >= 4 is 69.6 Å². The summed E-state index contributed by atoms with van der Waals surface area (Å²) in [6.45, 7) is 33.8. The molecule has 12 heterocycles. The number of sulfonamides is 2. The van der Waals surface area contributed by atoms with Gasteiger partial charge >= 0.3 is 0 Å². The van der Waals surface area contributed by atoms with Gasteiger partial charge in [0.25, 0.3) is 0 Å². The van der Waals surface area contributed by atoms with Crippen LogP contribution in [-0.2, 0) is 50.5 Å². The van der Waals surface area contributed by atoms with Crippen molar-refractivity contribution in [3.63, 3.8) is 0 Å². The number of fused-ring (bicyclic) bond motifs is 12. The lowest BCUT2D eigenvalue weighted by Gasteiger charge is -2.42. The Hall–Kier alpha value is -10.2. The predicted molar refractivity (Wildman–Crippen MR) is 535 cm³/mol. The number of carbonyl (C=O) groups excluding carboxylic acids is 1.